The lowest BCUT2D eigenvalue weighted by Gasteiger charge is -2.11. The zero-order chi connectivity index (χ0) is 14.0. The summed E-state index contributed by atoms with van der Waals surface area (Å²) < 4.78 is 25.6. The Hall–Kier alpha value is -0.660. The maximum atomic E-state index is 11.3. The molecule has 1 aromatic heterocycles. The van der Waals surface area contributed by atoms with Gasteiger partial charge in [0, 0.05) is 24.5 Å². The smallest absolute Gasteiger partial charge is 0.173 e. The average molecular weight is 348 g/mol. The van der Waals surface area contributed by atoms with Gasteiger partial charge in [-0.15, -0.1) is 0 Å². The highest BCUT2D eigenvalue weighted by molar-refractivity contribution is 9.10. The van der Waals surface area contributed by atoms with Crippen LogP contribution in [0.25, 0.3) is 0 Å². The summed E-state index contributed by atoms with van der Waals surface area (Å²) in [6.07, 6.45) is 2.58. The van der Waals surface area contributed by atoms with Crippen molar-refractivity contribution < 1.29 is 8.42 Å². The molecular weight excluding hydrogens is 330 g/mol. The van der Waals surface area contributed by atoms with Crippen LogP contribution in [0.5, 0.6) is 0 Å². The van der Waals surface area contributed by atoms with E-state index in [1.807, 2.05) is 11.6 Å². The van der Waals surface area contributed by atoms with Crippen molar-refractivity contribution in [3.63, 3.8) is 0 Å². The summed E-state index contributed by atoms with van der Waals surface area (Å²) in [6.45, 7) is 5.51. The van der Waals surface area contributed by atoms with Crippen molar-refractivity contribution in [1.82, 2.24) is 15.1 Å². The summed E-state index contributed by atoms with van der Waals surface area (Å²) >= 11 is 3.58. The highest BCUT2D eigenvalue weighted by atomic mass is 79.9. The fraction of sp³-hybridized carbons (Fsp3) is 0.583. The van der Waals surface area contributed by atoms with Crippen molar-refractivity contribution in [2.75, 3.05) is 5.75 Å². The van der Waals surface area contributed by atoms with E-state index in [0.717, 1.165) is 28.8 Å². The summed E-state index contributed by atoms with van der Waals surface area (Å²) in [4.78, 5) is 0. The summed E-state index contributed by atoms with van der Waals surface area (Å²) in [7, 11) is -3.00. The van der Waals surface area contributed by atoms with Crippen molar-refractivity contribution in [1.29, 1.82) is 0 Å². The van der Waals surface area contributed by atoms with Gasteiger partial charge in [0.15, 0.2) is 9.84 Å². The molecule has 1 aromatic rings. The van der Waals surface area contributed by atoms with Crippen LogP contribution in [-0.4, -0.2) is 30.0 Å². The van der Waals surface area contributed by atoms with E-state index in [1.54, 1.807) is 6.08 Å². The van der Waals surface area contributed by atoms with E-state index in [4.69, 9.17) is 0 Å². The van der Waals surface area contributed by atoms with Gasteiger partial charge < -0.3 is 5.32 Å². The maximum absolute atomic E-state index is 11.3. The maximum Gasteiger partial charge on any atom is 0.173 e. The second-order valence-electron chi connectivity index (χ2n) is 4.52. The molecule has 1 N–H and O–H groups in total. The highest BCUT2D eigenvalue weighted by Gasteiger charge is 2.22. The van der Waals surface area contributed by atoms with Crippen molar-refractivity contribution in [3.8, 4) is 0 Å². The average Bonchev–Trinajstić information content (AvgIpc) is 2.87. The zero-order valence-corrected chi connectivity index (χ0v) is 13.5. The monoisotopic (exact) mass is 347 g/mol. The summed E-state index contributed by atoms with van der Waals surface area (Å²) in [5.74, 6) is 0.144. The Labute approximate surface area is 122 Å². The molecule has 1 aliphatic heterocycles. The van der Waals surface area contributed by atoms with Gasteiger partial charge in [-0.2, -0.15) is 5.10 Å². The molecule has 0 fully saturated rings. The van der Waals surface area contributed by atoms with Gasteiger partial charge in [0.25, 0.3) is 0 Å². The Morgan fingerprint density at radius 1 is 1.53 bits per heavy atom. The normalized spacial score (nSPS) is 21.1. The van der Waals surface area contributed by atoms with E-state index in [2.05, 4.69) is 33.3 Å². The van der Waals surface area contributed by atoms with E-state index in [9.17, 15) is 8.42 Å². The standard InChI is InChI=1S/C12H18BrN3O2S/c1-3-10-12(13)11(16(4-2)15-10)7-14-9-5-6-19(17,18)8-9/h5-6,9,14H,3-4,7-8H2,1-2H3. The third kappa shape index (κ3) is 3.27. The molecule has 0 bridgehead atoms. The molecule has 1 unspecified atom stereocenters. The lowest BCUT2D eigenvalue weighted by molar-refractivity contribution is 0.555. The van der Waals surface area contributed by atoms with Gasteiger partial charge in [-0.1, -0.05) is 13.0 Å². The van der Waals surface area contributed by atoms with Crippen LogP contribution in [0.3, 0.4) is 0 Å². The number of halogens is 1. The van der Waals surface area contributed by atoms with Gasteiger partial charge in [0.05, 0.1) is 21.6 Å². The van der Waals surface area contributed by atoms with Crippen molar-refractivity contribution in [2.24, 2.45) is 0 Å². The number of hydrogen-bond acceptors (Lipinski definition) is 4. The van der Waals surface area contributed by atoms with Gasteiger partial charge in [0.1, 0.15) is 0 Å². The molecule has 19 heavy (non-hydrogen) atoms. The fourth-order valence-electron chi connectivity index (χ4n) is 2.12. The van der Waals surface area contributed by atoms with Crippen molar-refractivity contribution in [2.45, 2.75) is 39.4 Å². The van der Waals surface area contributed by atoms with Crippen LogP contribution in [0.1, 0.15) is 25.2 Å². The van der Waals surface area contributed by atoms with Crippen LogP contribution in [0, 0.1) is 0 Å². The number of nitrogens with one attached hydrogen (secondary N) is 1. The third-order valence-corrected chi connectivity index (χ3v) is 5.47. The second kappa shape index (κ2) is 5.76. The van der Waals surface area contributed by atoms with Crippen LogP contribution >= 0.6 is 15.9 Å². The van der Waals surface area contributed by atoms with Crippen LogP contribution in [0.4, 0.5) is 0 Å². The number of rotatable bonds is 5. The van der Waals surface area contributed by atoms with E-state index in [0.29, 0.717) is 6.54 Å². The Bertz CT molecular complexity index is 592. The van der Waals surface area contributed by atoms with Crippen LogP contribution in [0.2, 0.25) is 0 Å². The molecule has 7 heteroatoms. The Kier molecular flexibility index (Phi) is 4.47. The first-order chi connectivity index (χ1) is 8.96. The van der Waals surface area contributed by atoms with Crippen LogP contribution < -0.4 is 5.32 Å². The molecule has 1 atom stereocenters. The number of aryl methyl sites for hydroxylation is 2. The summed E-state index contributed by atoms with van der Waals surface area (Å²) in [5, 5.41) is 9.05. The number of aromatic nitrogens is 2. The molecule has 0 spiro atoms. The molecule has 5 nitrogen and oxygen atoms in total. The van der Waals surface area contributed by atoms with Gasteiger partial charge >= 0.3 is 0 Å². The minimum atomic E-state index is -3.00. The zero-order valence-electron chi connectivity index (χ0n) is 11.1. The molecule has 0 saturated heterocycles. The SMILES string of the molecule is CCc1nn(CC)c(CNC2C=CS(=O)(=O)C2)c1Br. The number of sulfone groups is 1. The Balaban J connectivity index is 2.08. The topological polar surface area (TPSA) is 64.0 Å². The lowest BCUT2D eigenvalue weighted by Crippen LogP contribution is -2.30. The Morgan fingerprint density at radius 3 is 2.79 bits per heavy atom. The molecule has 1 aliphatic rings. The highest BCUT2D eigenvalue weighted by Crippen LogP contribution is 2.22. The molecule has 0 saturated carbocycles. The predicted molar refractivity (Wildman–Crippen MR) is 78.5 cm³/mol. The third-order valence-electron chi connectivity index (χ3n) is 3.16. The fourth-order valence-corrected chi connectivity index (χ4v) is 4.09. The summed E-state index contributed by atoms with van der Waals surface area (Å²) in [5.41, 5.74) is 2.10. The first kappa shape index (κ1) is 14.7. The molecule has 106 valence electrons. The van der Waals surface area contributed by atoms with Crippen molar-refractivity contribution in [3.05, 3.63) is 27.3 Å². The molecular formula is C12H18BrN3O2S. The first-order valence-electron chi connectivity index (χ1n) is 6.35. The molecule has 2 rings (SSSR count). The first-order valence-corrected chi connectivity index (χ1v) is 8.86. The van der Waals surface area contributed by atoms with E-state index >= 15 is 0 Å². The minimum Gasteiger partial charge on any atom is -0.304 e. The van der Waals surface area contributed by atoms with E-state index in [1.165, 1.54) is 5.41 Å². The van der Waals surface area contributed by atoms with Crippen molar-refractivity contribution >= 4 is 25.8 Å². The molecule has 0 radical (unpaired) electrons. The number of hydrogen-bond donors (Lipinski definition) is 1. The Morgan fingerprint density at radius 2 is 2.26 bits per heavy atom. The lowest BCUT2D eigenvalue weighted by atomic mass is 10.3. The van der Waals surface area contributed by atoms with Gasteiger partial charge in [-0.05, 0) is 29.3 Å². The minimum absolute atomic E-state index is 0.109. The molecule has 0 amide bonds. The molecule has 0 aliphatic carbocycles. The number of nitrogens with zero attached hydrogens (tertiary/aromatic N) is 2. The van der Waals surface area contributed by atoms with Gasteiger partial charge in [-0.25, -0.2) is 8.42 Å². The van der Waals surface area contributed by atoms with E-state index < -0.39 is 9.84 Å². The van der Waals surface area contributed by atoms with Crippen LogP contribution in [-0.2, 0) is 29.3 Å². The van der Waals surface area contributed by atoms with Gasteiger partial charge in [0.2, 0.25) is 0 Å². The quantitative estimate of drug-likeness (QED) is 0.879. The van der Waals surface area contributed by atoms with Gasteiger partial charge in [-0.3, -0.25) is 4.68 Å². The molecule has 2 heterocycles. The van der Waals surface area contributed by atoms with E-state index in [-0.39, 0.29) is 11.8 Å². The largest absolute Gasteiger partial charge is 0.304 e. The summed E-state index contributed by atoms with van der Waals surface area (Å²) in [6, 6.07) is -0.109. The second-order valence-corrected chi connectivity index (χ2v) is 7.25. The predicted octanol–water partition coefficient (Wildman–Crippen LogP) is 1.63. The van der Waals surface area contributed by atoms with Crippen LogP contribution in [0.15, 0.2) is 16.0 Å². The molecule has 0 aromatic carbocycles.